The maximum Gasteiger partial charge on any atom is 0.254 e. The minimum absolute atomic E-state index is 0.0237. The number of hydrogen-bond acceptors (Lipinski definition) is 7. The van der Waals surface area contributed by atoms with Gasteiger partial charge in [0.15, 0.2) is 0 Å². The van der Waals surface area contributed by atoms with Gasteiger partial charge in [-0.2, -0.15) is 4.31 Å². The van der Waals surface area contributed by atoms with E-state index in [1.54, 1.807) is 0 Å². The van der Waals surface area contributed by atoms with Gasteiger partial charge in [0.1, 0.15) is 18.1 Å². The second-order valence-electron chi connectivity index (χ2n) is 7.27. The van der Waals surface area contributed by atoms with Crippen molar-refractivity contribution >= 4 is 26.0 Å². The van der Waals surface area contributed by atoms with Gasteiger partial charge >= 0.3 is 0 Å². The van der Waals surface area contributed by atoms with Gasteiger partial charge in [0.25, 0.3) is 5.91 Å². The number of carbonyl (C=O) groups excluding carboxylic acids is 1. The normalized spacial score (nSPS) is 14.7. The Morgan fingerprint density at radius 3 is 2.24 bits per heavy atom. The van der Waals surface area contributed by atoms with Gasteiger partial charge < -0.3 is 14.8 Å². The molecule has 2 aromatic carbocycles. The van der Waals surface area contributed by atoms with Crippen molar-refractivity contribution in [2.75, 3.05) is 40.4 Å². The van der Waals surface area contributed by atoms with Crippen molar-refractivity contribution in [3.05, 3.63) is 48.0 Å². The fraction of sp³-hybridized carbons (Fsp3) is 0.381. The first-order valence-corrected chi connectivity index (χ1v) is 13.2. The van der Waals surface area contributed by atoms with Gasteiger partial charge in [-0.15, -0.1) is 0 Å². The molecule has 1 fully saturated rings. The van der Waals surface area contributed by atoms with Crippen molar-refractivity contribution in [1.82, 2.24) is 14.3 Å². The average Bonchev–Trinajstić information content (AvgIpc) is 3.37. The molecule has 0 atom stereocenters. The van der Waals surface area contributed by atoms with Gasteiger partial charge in [-0.25, -0.2) is 21.6 Å². The third-order valence-electron chi connectivity index (χ3n) is 5.14. The van der Waals surface area contributed by atoms with Crippen LogP contribution in [0.25, 0.3) is 0 Å². The quantitative estimate of drug-likeness (QED) is 0.472. The third-order valence-corrected chi connectivity index (χ3v) is 8.51. The van der Waals surface area contributed by atoms with Crippen LogP contribution in [-0.4, -0.2) is 67.4 Å². The number of methoxy groups -OCH3 is 1. The SMILES string of the molecule is CNC(=O)c1cc(S(=O)(=O)NCCOc2ccc(S(=O)(=O)N3CCCC3)cc2)ccc1OC. The minimum Gasteiger partial charge on any atom is -0.496 e. The topological polar surface area (TPSA) is 131 Å². The predicted molar refractivity (Wildman–Crippen MR) is 122 cm³/mol. The molecule has 0 unspecified atom stereocenters. The van der Waals surface area contributed by atoms with E-state index in [0.717, 1.165) is 12.8 Å². The number of benzene rings is 2. The molecule has 1 aliphatic rings. The first kappa shape index (κ1) is 25.0. The van der Waals surface area contributed by atoms with Crippen LogP contribution in [0.1, 0.15) is 23.2 Å². The fourth-order valence-electron chi connectivity index (χ4n) is 3.38. The van der Waals surface area contributed by atoms with Crippen LogP contribution >= 0.6 is 0 Å². The summed E-state index contributed by atoms with van der Waals surface area (Å²) in [6.45, 7) is 1.05. The highest BCUT2D eigenvalue weighted by Crippen LogP contribution is 2.24. The molecule has 1 aliphatic heterocycles. The van der Waals surface area contributed by atoms with E-state index < -0.39 is 26.0 Å². The van der Waals surface area contributed by atoms with E-state index in [4.69, 9.17) is 9.47 Å². The van der Waals surface area contributed by atoms with Crippen molar-refractivity contribution in [2.24, 2.45) is 0 Å². The lowest BCUT2D eigenvalue weighted by atomic mass is 10.2. The zero-order chi connectivity index (χ0) is 24.1. The summed E-state index contributed by atoms with van der Waals surface area (Å²) < 4.78 is 64.8. The lowest BCUT2D eigenvalue weighted by Gasteiger charge is -2.15. The fourth-order valence-corrected chi connectivity index (χ4v) is 5.94. The summed E-state index contributed by atoms with van der Waals surface area (Å²) in [5, 5.41) is 2.44. The summed E-state index contributed by atoms with van der Waals surface area (Å²) in [5.41, 5.74) is 0.100. The van der Waals surface area contributed by atoms with Crippen LogP contribution in [0.15, 0.2) is 52.3 Å². The Bertz CT molecular complexity index is 1190. The van der Waals surface area contributed by atoms with Crippen LogP contribution in [0.2, 0.25) is 0 Å². The third kappa shape index (κ3) is 5.82. The number of hydrogen-bond donors (Lipinski definition) is 2. The molecule has 0 aromatic heterocycles. The molecule has 0 aliphatic carbocycles. The Morgan fingerprint density at radius 1 is 1.00 bits per heavy atom. The summed E-state index contributed by atoms with van der Waals surface area (Å²) in [4.78, 5) is 12.1. The Morgan fingerprint density at radius 2 is 1.64 bits per heavy atom. The van der Waals surface area contributed by atoms with E-state index in [9.17, 15) is 21.6 Å². The Hall–Kier alpha value is -2.67. The average molecular weight is 498 g/mol. The van der Waals surface area contributed by atoms with E-state index in [-0.39, 0.29) is 34.3 Å². The molecule has 33 heavy (non-hydrogen) atoms. The molecule has 0 saturated carbocycles. The second-order valence-corrected chi connectivity index (χ2v) is 11.0. The van der Waals surface area contributed by atoms with Crippen LogP contribution < -0.4 is 19.5 Å². The summed E-state index contributed by atoms with van der Waals surface area (Å²) >= 11 is 0. The first-order chi connectivity index (χ1) is 15.7. The summed E-state index contributed by atoms with van der Waals surface area (Å²) in [6, 6.07) is 10.0. The summed E-state index contributed by atoms with van der Waals surface area (Å²) in [7, 11) is -4.56. The van der Waals surface area contributed by atoms with Crippen molar-refractivity contribution in [1.29, 1.82) is 0 Å². The molecule has 3 rings (SSSR count). The van der Waals surface area contributed by atoms with Gasteiger partial charge in [-0.1, -0.05) is 0 Å². The largest absolute Gasteiger partial charge is 0.496 e. The monoisotopic (exact) mass is 497 g/mol. The number of carbonyl (C=O) groups is 1. The summed E-state index contributed by atoms with van der Waals surface area (Å²) in [5.74, 6) is 0.204. The first-order valence-electron chi connectivity index (χ1n) is 10.3. The van der Waals surface area contributed by atoms with Crippen LogP contribution in [0.5, 0.6) is 11.5 Å². The molecule has 180 valence electrons. The maximum atomic E-state index is 12.6. The number of nitrogens with one attached hydrogen (secondary N) is 2. The predicted octanol–water partition coefficient (Wildman–Crippen LogP) is 1.20. The van der Waals surface area contributed by atoms with E-state index >= 15 is 0 Å². The highest BCUT2D eigenvalue weighted by molar-refractivity contribution is 7.89. The number of amides is 1. The lowest BCUT2D eigenvalue weighted by Crippen LogP contribution is -2.29. The molecular formula is C21H27N3O7S2. The Kier molecular flexibility index (Phi) is 7.95. The Balaban J connectivity index is 1.58. The molecule has 0 radical (unpaired) electrons. The number of rotatable bonds is 10. The van der Waals surface area contributed by atoms with Gasteiger partial charge in [0.2, 0.25) is 20.0 Å². The van der Waals surface area contributed by atoms with E-state index in [2.05, 4.69) is 10.0 Å². The molecule has 12 heteroatoms. The van der Waals surface area contributed by atoms with Gasteiger partial charge in [-0.3, -0.25) is 4.79 Å². The number of nitrogens with zero attached hydrogens (tertiary/aromatic N) is 1. The lowest BCUT2D eigenvalue weighted by molar-refractivity contribution is 0.0960. The van der Waals surface area contributed by atoms with Crippen molar-refractivity contribution in [3.63, 3.8) is 0 Å². The van der Waals surface area contributed by atoms with Crippen LogP contribution in [0.3, 0.4) is 0 Å². The second kappa shape index (κ2) is 10.5. The molecule has 0 spiro atoms. The Labute approximate surface area is 194 Å². The minimum atomic E-state index is -3.89. The number of sulfonamides is 2. The highest BCUT2D eigenvalue weighted by Gasteiger charge is 2.27. The summed E-state index contributed by atoms with van der Waals surface area (Å²) in [6.07, 6.45) is 1.72. The number of ether oxygens (including phenoxy) is 2. The van der Waals surface area contributed by atoms with Crippen LogP contribution in [0, 0.1) is 0 Å². The molecule has 0 bridgehead atoms. The standard InChI is InChI=1S/C21H27N3O7S2/c1-22-21(25)19-15-18(9-10-20(19)30-2)32(26,27)23-11-14-31-16-5-7-17(8-6-16)33(28,29)24-12-3-4-13-24/h5-10,15,23H,3-4,11-14H2,1-2H3,(H,22,25). The molecule has 1 heterocycles. The maximum absolute atomic E-state index is 12.6. The van der Waals surface area contributed by atoms with E-state index in [1.807, 2.05) is 0 Å². The smallest absolute Gasteiger partial charge is 0.254 e. The van der Waals surface area contributed by atoms with Crippen molar-refractivity contribution in [3.8, 4) is 11.5 Å². The zero-order valence-electron chi connectivity index (χ0n) is 18.4. The van der Waals surface area contributed by atoms with E-state index in [1.165, 1.54) is 60.9 Å². The molecule has 1 amide bonds. The molecule has 10 nitrogen and oxygen atoms in total. The highest BCUT2D eigenvalue weighted by atomic mass is 32.2. The molecular weight excluding hydrogens is 470 g/mol. The zero-order valence-corrected chi connectivity index (χ0v) is 20.0. The molecule has 2 aromatic rings. The van der Waals surface area contributed by atoms with Crippen molar-refractivity contribution < 1.29 is 31.1 Å². The van der Waals surface area contributed by atoms with Gasteiger partial charge in [0, 0.05) is 26.7 Å². The van der Waals surface area contributed by atoms with Crippen molar-refractivity contribution in [2.45, 2.75) is 22.6 Å². The van der Waals surface area contributed by atoms with Gasteiger partial charge in [0.05, 0.1) is 22.5 Å². The van der Waals surface area contributed by atoms with Crippen LogP contribution in [0.4, 0.5) is 0 Å². The van der Waals surface area contributed by atoms with Gasteiger partial charge in [-0.05, 0) is 55.3 Å². The van der Waals surface area contributed by atoms with E-state index in [0.29, 0.717) is 18.8 Å². The molecule has 1 saturated heterocycles. The molecule has 2 N–H and O–H groups in total. The van der Waals surface area contributed by atoms with Crippen LogP contribution in [-0.2, 0) is 20.0 Å².